The largest absolute Gasteiger partial charge is 0.414 e. The summed E-state index contributed by atoms with van der Waals surface area (Å²) in [6, 6.07) is 0. The topological polar surface area (TPSA) is 9.23 Å². The maximum absolute atomic E-state index is 6.26. The van der Waals surface area contributed by atoms with Crippen LogP contribution in [0.5, 0.6) is 0 Å². The standard InChI is InChI=1S/C11H24Br2OSi/c1-9(8-11(5,12)13)14-15(6,7)10(2,3)4/h9H,8H2,1-7H3. The summed E-state index contributed by atoms with van der Waals surface area (Å²) in [6.45, 7) is 15.7. The van der Waals surface area contributed by atoms with Crippen LogP contribution in [0.3, 0.4) is 0 Å². The quantitative estimate of drug-likeness (QED) is 0.489. The van der Waals surface area contributed by atoms with Crippen molar-refractivity contribution >= 4 is 40.2 Å². The van der Waals surface area contributed by atoms with Gasteiger partial charge in [0.1, 0.15) is 0 Å². The first-order chi connectivity index (χ1) is 6.35. The highest BCUT2D eigenvalue weighted by Gasteiger charge is 2.39. The van der Waals surface area contributed by atoms with Gasteiger partial charge in [-0.2, -0.15) is 0 Å². The molecular weight excluding hydrogens is 336 g/mol. The van der Waals surface area contributed by atoms with E-state index in [1.54, 1.807) is 0 Å². The van der Waals surface area contributed by atoms with Crippen molar-refractivity contribution in [1.29, 1.82) is 0 Å². The SMILES string of the molecule is CC(CC(C)(Br)Br)O[Si](C)(C)C(C)(C)C. The van der Waals surface area contributed by atoms with Gasteiger partial charge in [-0.15, -0.1) is 0 Å². The first-order valence-electron chi connectivity index (χ1n) is 5.41. The Balaban J connectivity index is 4.36. The predicted molar refractivity (Wildman–Crippen MR) is 78.6 cm³/mol. The average molecular weight is 360 g/mol. The number of hydrogen-bond acceptors (Lipinski definition) is 1. The molecule has 0 heterocycles. The van der Waals surface area contributed by atoms with Crippen LogP contribution in [0.2, 0.25) is 18.1 Å². The monoisotopic (exact) mass is 358 g/mol. The summed E-state index contributed by atoms with van der Waals surface area (Å²) in [5.41, 5.74) is 0. The normalized spacial score (nSPS) is 16.6. The fourth-order valence-corrected chi connectivity index (χ4v) is 3.58. The minimum absolute atomic E-state index is 0.0121. The van der Waals surface area contributed by atoms with Crippen LogP contribution in [-0.4, -0.2) is 17.7 Å². The van der Waals surface area contributed by atoms with Crippen LogP contribution in [0.4, 0.5) is 0 Å². The van der Waals surface area contributed by atoms with E-state index in [2.05, 4.69) is 79.6 Å². The summed E-state index contributed by atoms with van der Waals surface area (Å²) in [4.78, 5) is 0. The molecule has 0 aromatic heterocycles. The second kappa shape index (κ2) is 5.19. The van der Waals surface area contributed by atoms with Gasteiger partial charge in [0.25, 0.3) is 0 Å². The van der Waals surface area contributed by atoms with Crippen LogP contribution in [0, 0.1) is 0 Å². The number of alkyl halides is 2. The highest BCUT2D eigenvalue weighted by molar-refractivity contribution is 9.25. The molecule has 0 saturated carbocycles. The van der Waals surface area contributed by atoms with E-state index in [0.29, 0.717) is 0 Å². The first-order valence-corrected chi connectivity index (χ1v) is 9.90. The number of hydrogen-bond donors (Lipinski definition) is 0. The lowest BCUT2D eigenvalue weighted by Crippen LogP contribution is -2.44. The van der Waals surface area contributed by atoms with E-state index in [9.17, 15) is 0 Å². The van der Waals surface area contributed by atoms with Crippen LogP contribution in [-0.2, 0) is 4.43 Å². The molecule has 0 aliphatic heterocycles. The molecule has 0 bridgehead atoms. The van der Waals surface area contributed by atoms with E-state index in [0.717, 1.165) is 6.42 Å². The summed E-state index contributed by atoms with van der Waals surface area (Å²) < 4.78 is 6.25. The minimum atomic E-state index is -1.61. The van der Waals surface area contributed by atoms with Gasteiger partial charge in [0.2, 0.25) is 0 Å². The Morgan fingerprint density at radius 3 is 1.80 bits per heavy atom. The molecule has 15 heavy (non-hydrogen) atoms. The van der Waals surface area contributed by atoms with Crippen LogP contribution >= 0.6 is 31.9 Å². The third kappa shape index (κ3) is 6.44. The van der Waals surface area contributed by atoms with Gasteiger partial charge in [-0.05, 0) is 38.4 Å². The third-order valence-corrected chi connectivity index (χ3v) is 8.20. The first kappa shape index (κ1) is 16.1. The van der Waals surface area contributed by atoms with Gasteiger partial charge in [0, 0.05) is 6.10 Å². The van der Waals surface area contributed by atoms with Crippen LogP contribution in [0.1, 0.15) is 41.0 Å². The third-order valence-electron chi connectivity index (χ3n) is 2.95. The molecule has 0 fully saturated rings. The van der Waals surface area contributed by atoms with Crippen LogP contribution in [0.25, 0.3) is 0 Å². The Morgan fingerprint density at radius 1 is 1.13 bits per heavy atom. The summed E-state index contributed by atoms with van der Waals surface area (Å²) >= 11 is 7.18. The molecule has 0 aromatic rings. The molecule has 0 rings (SSSR count). The van der Waals surface area contributed by atoms with Gasteiger partial charge < -0.3 is 4.43 Å². The molecule has 0 aliphatic rings. The zero-order valence-electron chi connectivity index (χ0n) is 10.9. The molecule has 0 radical (unpaired) electrons. The van der Waals surface area contributed by atoms with Crippen molar-refractivity contribution in [3.05, 3.63) is 0 Å². The van der Waals surface area contributed by atoms with Crippen molar-refractivity contribution in [2.75, 3.05) is 0 Å². The Kier molecular flexibility index (Phi) is 5.59. The highest BCUT2D eigenvalue weighted by atomic mass is 79.9. The molecule has 0 saturated heterocycles. The lowest BCUT2D eigenvalue weighted by Gasteiger charge is -2.39. The molecule has 0 amide bonds. The minimum Gasteiger partial charge on any atom is -0.414 e. The maximum Gasteiger partial charge on any atom is 0.192 e. The van der Waals surface area contributed by atoms with E-state index in [1.807, 2.05) is 0 Å². The van der Waals surface area contributed by atoms with Gasteiger partial charge in [-0.25, -0.2) is 0 Å². The lowest BCUT2D eigenvalue weighted by molar-refractivity contribution is 0.188. The van der Waals surface area contributed by atoms with Crippen molar-refractivity contribution < 1.29 is 4.43 Å². The van der Waals surface area contributed by atoms with Gasteiger partial charge in [0.15, 0.2) is 8.32 Å². The Morgan fingerprint density at radius 2 is 1.53 bits per heavy atom. The summed E-state index contributed by atoms with van der Waals surface area (Å²) in [6.07, 6.45) is 1.26. The zero-order valence-corrected chi connectivity index (χ0v) is 15.1. The Bertz CT molecular complexity index is 204. The Hall–Kier alpha value is 1.14. The van der Waals surface area contributed by atoms with Gasteiger partial charge in [-0.3, -0.25) is 0 Å². The summed E-state index contributed by atoms with van der Waals surface area (Å²) in [7, 11) is -1.61. The van der Waals surface area contributed by atoms with E-state index >= 15 is 0 Å². The van der Waals surface area contributed by atoms with Crippen LogP contribution < -0.4 is 0 Å². The van der Waals surface area contributed by atoms with E-state index < -0.39 is 8.32 Å². The van der Waals surface area contributed by atoms with Crippen molar-refractivity contribution in [3.63, 3.8) is 0 Å². The molecular formula is C11H24Br2OSi. The van der Waals surface area contributed by atoms with E-state index in [1.165, 1.54) is 0 Å². The van der Waals surface area contributed by atoms with E-state index in [-0.39, 0.29) is 14.4 Å². The molecule has 0 N–H and O–H groups in total. The van der Waals surface area contributed by atoms with Crippen molar-refractivity contribution in [2.45, 2.75) is 68.5 Å². The van der Waals surface area contributed by atoms with Crippen LogP contribution in [0.15, 0.2) is 0 Å². The fourth-order valence-electron chi connectivity index (χ4n) is 1.23. The number of rotatable bonds is 4. The van der Waals surface area contributed by atoms with Gasteiger partial charge >= 0.3 is 0 Å². The lowest BCUT2D eigenvalue weighted by atomic mass is 10.2. The second-order valence-electron chi connectivity index (χ2n) is 5.96. The molecule has 1 unspecified atom stereocenters. The van der Waals surface area contributed by atoms with Crippen molar-refractivity contribution in [2.24, 2.45) is 0 Å². The summed E-state index contributed by atoms with van der Waals surface area (Å²) in [5, 5.41) is 0.288. The highest BCUT2D eigenvalue weighted by Crippen LogP contribution is 2.39. The fraction of sp³-hybridized carbons (Fsp3) is 1.00. The molecule has 0 aromatic carbocycles. The Labute approximate surface area is 113 Å². The molecule has 1 atom stereocenters. The smallest absolute Gasteiger partial charge is 0.192 e. The maximum atomic E-state index is 6.26. The molecule has 1 nitrogen and oxygen atoms in total. The van der Waals surface area contributed by atoms with Crippen molar-refractivity contribution in [3.8, 4) is 0 Å². The van der Waals surface area contributed by atoms with E-state index in [4.69, 9.17) is 4.43 Å². The molecule has 0 spiro atoms. The van der Waals surface area contributed by atoms with Gasteiger partial charge in [0.05, 0.1) is 3.23 Å². The predicted octanol–water partition coefficient (Wildman–Crippen LogP) is 5.29. The molecule has 4 heteroatoms. The summed E-state index contributed by atoms with van der Waals surface area (Å²) in [5.74, 6) is 0. The van der Waals surface area contributed by atoms with Gasteiger partial charge in [-0.1, -0.05) is 52.6 Å². The van der Waals surface area contributed by atoms with Crippen molar-refractivity contribution in [1.82, 2.24) is 0 Å². The second-order valence-corrected chi connectivity index (χ2v) is 15.3. The zero-order chi connectivity index (χ0) is 12.5. The average Bonchev–Trinajstić information content (AvgIpc) is 1.75. The molecule has 0 aliphatic carbocycles. The number of halogens is 2. The molecule has 92 valence electrons.